The molecule has 1 saturated heterocycles. The van der Waals surface area contributed by atoms with Crippen LogP contribution in [0.15, 0.2) is 40.8 Å². The highest BCUT2D eigenvalue weighted by molar-refractivity contribution is 6.32. The number of hydrogen-bond donors (Lipinski definition) is 2. The van der Waals surface area contributed by atoms with E-state index in [1.807, 2.05) is 30.0 Å². The van der Waals surface area contributed by atoms with Gasteiger partial charge in [0.25, 0.3) is 0 Å². The van der Waals surface area contributed by atoms with Gasteiger partial charge in [-0.25, -0.2) is 9.18 Å². The Balaban J connectivity index is 1.24. The molecule has 2 aromatic rings. The van der Waals surface area contributed by atoms with E-state index in [1.54, 1.807) is 6.20 Å². The number of fused-ring (bicyclic) bond motifs is 1. The van der Waals surface area contributed by atoms with E-state index < -0.39 is 0 Å². The molecule has 2 amide bonds. The summed E-state index contributed by atoms with van der Waals surface area (Å²) in [5, 5.41) is 11.5. The van der Waals surface area contributed by atoms with Crippen molar-refractivity contribution < 1.29 is 9.18 Å². The molecule has 9 heteroatoms. The number of amides is 2. The Hall–Kier alpha value is -2.71. The van der Waals surface area contributed by atoms with Crippen molar-refractivity contribution in [1.29, 1.82) is 0 Å². The average molecular weight is 499 g/mol. The molecular formula is C26H32ClFN6O. The summed E-state index contributed by atoms with van der Waals surface area (Å²) < 4.78 is 14.4. The van der Waals surface area contributed by atoms with E-state index in [-0.39, 0.29) is 17.9 Å². The minimum atomic E-state index is -0.110. The van der Waals surface area contributed by atoms with Crippen LogP contribution in [0.3, 0.4) is 0 Å². The molecular weight excluding hydrogens is 467 g/mol. The molecule has 2 N–H and O–H groups in total. The molecule has 2 atom stereocenters. The Morgan fingerprint density at radius 3 is 3.00 bits per heavy atom. The first kappa shape index (κ1) is 24.0. The molecule has 5 rings (SSSR count). The first-order valence-electron chi connectivity index (χ1n) is 12.4. The normalized spacial score (nSPS) is 23.2. The van der Waals surface area contributed by atoms with Gasteiger partial charge in [-0.05, 0) is 37.8 Å². The first-order valence-corrected chi connectivity index (χ1v) is 12.8. The van der Waals surface area contributed by atoms with Crippen LogP contribution in [0, 0.1) is 12.8 Å². The van der Waals surface area contributed by atoms with Crippen LogP contribution in [0.5, 0.6) is 0 Å². The molecule has 2 aliphatic heterocycles. The summed E-state index contributed by atoms with van der Waals surface area (Å²) in [6, 6.07) is 3.91. The van der Waals surface area contributed by atoms with Gasteiger partial charge in [0.05, 0.1) is 12.2 Å². The van der Waals surface area contributed by atoms with E-state index in [0.29, 0.717) is 55.5 Å². The first-order chi connectivity index (χ1) is 16.9. The van der Waals surface area contributed by atoms with Crippen LogP contribution in [0.1, 0.15) is 43.1 Å². The molecule has 3 aliphatic rings. The minimum Gasteiger partial charge on any atom is -0.334 e. The quantitative estimate of drug-likeness (QED) is 0.640. The van der Waals surface area contributed by atoms with Gasteiger partial charge in [0.1, 0.15) is 5.83 Å². The van der Waals surface area contributed by atoms with E-state index in [9.17, 15) is 9.18 Å². The molecule has 4 heterocycles. The lowest BCUT2D eigenvalue weighted by Gasteiger charge is -2.38. The molecule has 186 valence electrons. The summed E-state index contributed by atoms with van der Waals surface area (Å²) >= 11 is 6.30. The average Bonchev–Trinajstić information content (AvgIpc) is 3.24. The van der Waals surface area contributed by atoms with Gasteiger partial charge in [-0.2, -0.15) is 5.10 Å². The second-order valence-corrected chi connectivity index (χ2v) is 10.4. The van der Waals surface area contributed by atoms with E-state index >= 15 is 0 Å². The van der Waals surface area contributed by atoms with Crippen molar-refractivity contribution in [1.82, 2.24) is 30.3 Å². The number of pyridine rings is 1. The lowest BCUT2D eigenvalue weighted by molar-refractivity contribution is 0.146. The Bertz CT molecular complexity index is 1170. The molecule has 1 fully saturated rings. The van der Waals surface area contributed by atoms with Gasteiger partial charge in [0.2, 0.25) is 0 Å². The Morgan fingerprint density at radius 1 is 1.34 bits per heavy atom. The number of aromatic nitrogens is 3. The van der Waals surface area contributed by atoms with Crippen molar-refractivity contribution in [3.05, 3.63) is 57.8 Å². The summed E-state index contributed by atoms with van der Waals surface area (Å²) in [4.78, 5) is 21.6. The summed E-state index contributed by atoms with van der Waals surface area (Å²) in [5.41, 5.74) is 5.57. The maximum Gasteiger partial charge on any atom is 0.317 e. The Morgan fingerprint density at radius 2 is 2.20 bits per heavy atom. The molecule has 0 radical (unpaired) electrons. The monoisotopic (exact) mass is 498 g/mol. The zero-order valence-corrected chi connectivity index (χ0v) is 21.0. The molecule has 0 saturated carbocycles. The van der Waals surface area contributed by atoms with Gasteiger partial charge in [-0.15, -0.1) is 0 Å². The number of piperidine rings is 1. The maximum atomic E-state index is 14.4. The predicted octanol–water partition coefficient (Wildman–Crippen LogP) is 4.70. The number of rotatable bonds is 4. The van der Waals surface area contributed by atoms with Crippen molar-refractivity contribution in [2.24, 2.45) is 5.92 Å². The van der Waals surface area contributed by atoms with Crippen LogP contribution >= 0.6 is 11.6 Å². The van der Waals surface area contributed by atoms with Crippen molar-refractivity contribution in [3.63, 3.8) is 0 Å². The molecule has 0 aromatic carbocycles. The van der Waals surface area contributed by atoms with Crippen LogP contribution < -0.4 is 5.32 Å². The fourth-order valence-corrected chi connectivity index (χ4v) is 5.75. The fraction of sp³-hybridized carbons (Fsp3) is 0.500. The predicted molar refractivity (Wildman–Crippen MR) is 135 cm³/mol. The van der Waals surface area contributed by atoms with Crippen LogP contribution in [0.2, 0.25) is 0 Å². The van der Waals surface area contributed by atoms with Crippen molar-refractivity contribution in [2.75, 3.05) is 26.2 Å². The van der Waals surface area contributed by atoms with Gasteiger partial charge < -0.3 is 10.2 Å². The highest BCUT2D eigenvalue weighted by atomic mass is 35.5. The Labute approximate surface area is 210 Å². The number of H-pyrrole nitrogens is 1. The summed E-state index contributed by atoms with van der Waals surface area (Å²) in [6.45, 7) is 7.32. The van der Waals surface area contributed by atoms with Crippen molar-refractivity contribution >= 4 is 17.6 Å². The number of hydrogen-bond acceptors (Lipinski definition) is 4. The third-order valence-corrected chi connectivity index (χ3v) is 7.52. The zero-order chi connectivity index (χ0) is 24.5. The number of carbonyl (C=O) groups excluding carboxylic acids is 1. The van der Waals surface area contributed by atoms with Crippen LogP contribution in [-0.2, 0) is 13.0 Å². The van der Waals surface area contributed by atoms with Gasteiger partial charge in [0.15, 0.2) is 0 Å². The number of carbonyl (C=O) groups is 1. The van der Waals surface area contributed by atoms with E-state index in [2.05, 4.69) is 32.3 Å². The largest absolute Gasteiger partial charge is 0.334 e. The minimum absolute atomic E-state index is 0.00863. The van der Waals surface area contributed by atoms with Gasteiger partial charge in [-0.3, -0.25) is 15.0 Å². The lowest BCUT2D eigenvalue weighted by atomic mass is 9.94. The topological polar surface area (TPSA) is 77.2 Å². The lowest BCUT2D eigenvalue weighted by Crippen LogP contribution is -2.54. The fourth-order valence-electron chi connectivity index (χ4n) is 5.48. The zero-order valence-electron chi connectivity index (χ0n) is 20.3. The van der Waals surface area contributed by atoms with Crippen LogP contribution in [0.25, 0.3) is 11.3 Å². The standard InChI is InChI=1S/C26H32ClFN6O/c1-16-10-19(13-33(12-16)14-20-22(27)4-3-5-23(20)28)30-26(35)34-9-7-24-21(15-34)25(32-31-24)18-6-8-29-17(2)11-18/h4,6,8,11,16,19H,3,5,7,9-10,12-15H2,1-2H3,(H,30,35)(H,31,32). The van der Waals surface area contributed by atoms with Gasteiger partial charge in [-0.1, -0.05) is 24.6 Å². The Kier molecular flexibility index (Phi) is 6.93. The number of nitrogens with one attached hydrogen (secondary N) is 2. The molecule has 0 spiro atoms. The van der Waals surface area contributed by atoms with Gasteiger partial charge in [0, 0.05) is 84.4 Å². The molecule has 7 nitrogen and oxygen atoms in total. The highest BCUT2D eigenvalue weighted by Crippen LogP contribution is 2.31. The summed E-state index contributed by atoms with van der Waals surface area (Å²) in [6.07, 6.45) is 6.40. The van der Waals surface area contributed by atoms with Gasteiger partial charge >= 0.3 is 6.03 Å². The number of urea groups is 1. The smallest absolute Gasteiger partial charge is 0.317 e. The third-order valence-electron chi connectivity index (χ3n) is 7.14. The molecule has 2 aromatic heterocycles. The number of aromatic amines is 1. The van der Waals surface area contributed by atoms with E-state index in [4.69, 9.17) is 11.6 Å². The molecule has 35 heavy (non-hydrogen) atoms. The number of likely N-dealkylation sites (tertiary alicyclic amines) is 1. The number of nitrogens with zero attached hydrogens (tertiary/aromatic N) is 4. The van der Waals surface area contributed by atoms with Crippen molar-refractivity contribution in [3.8, 4) is 11.3 Å². The molecule has 0 bridgehead atoms. The van der Waals surface area contributed by atoms with E-state index in [1.165, 1.54) is 0 Å². The molecule has 1 aliphatic carbocycles. The second kappa shape index (κ2) is 10.1. The highest BCUT2D eigenvalue weighted by Gasteiger charge is 2.31. The number of halogens is 2. The SMILES string of the molecule is Cc1cc(-c2n[nH]c3c2CN(C(=O)NC2CC(C)CN(CC4=C(F)CCC=C4Cl)C2)CC3)ccn1. The van der Waals surface area contributed by atoms with Crippen LogP contribution in [0.4, 0.5) is 9.18 Å². The van der Waals surface area contributed by atoms with Crippen molar-refractivity contribution in [2.45, 2.75) is 52.1 Å². The summed E-state index contributed by atoms with van der Waals surface area (Å²) in [7, 11) is 0. The van der Waals surface area contributed by atoms with E-state index in [0.717, 1.165) is 47.6 Å². The van der Waals surface area contributed by atoms with Crippen LogP contribution in [-0.4, -0.2) is 63.2 Å². The molecule has 2 unspecified atom stereocenters. The second-order valence-electron chi connectivity index (χ2n) is 10.0. The number of allylic oxidation sites excluding steroid dienone is 2. The number of aryl methyl sites for hydroxylation is 1. The maximum absolute atomic E-state index is 14.4. The third kappa shape index (κ3) is 5.28. The summed E-state index contributed by atoms with van der Waals surface area (Å²) in [5.74, 6) is 0.285.